The monoisotopic (exact) mass is 249 g/mol. The Morgan fingerprint density at radius 2 is 2.29 bits per heavy atom. The van der Waals surface area contributed by atoms with Gasteiger partial charge in [0.15, 0.2) is 5.13 Å². The van der Waals surface area contributed by atoms with Crippen molar-refractivity contribution in [2.24, 2.45) is 0 Å². The van der Waals surface area contributed by atoms with E-state index in [1.165, 1.54) is 17.4 Å². The minimum atomic E-state index is -1.04. The molecule has 1 heterocycles. The summed E-state index contributed by atoms with van der Waals surface area (Å²) in [5, 5.41) is 12.6. The number of aromatic carboxylic acids is 1. The van der Waals surface area contributed by atoms with E-state index in [0.717, 1.165) is 4.88 Å². The number of nitrogens with zero attached hydrogens (tertiary/aromatic N) is 1. The lowest BCUT2D eigenvalue weighted by molar-refractivity contribution is 0.0698. The Morgan fingerprint density at radius 3 is 2.88 bits per heavy atom. The fourth-order valence-corrected chi connectivity index (χ4v) is 2.07. The van der Waals surface area contributed by atoms with Crippen molar-refractivity contribution in [3.8, 4) is 0 Å². The lowest BCUT2D eigenvalue weighted by Crippen LogP contribution is -2.05. The third kappa shape index (κ3) is 2.36. The van der Waals surface area contributed by atoms with E-state index < -0.39 is 5.97 Å². The molecule has 6 heteroatoms. The summed E-state index contributed by atoms with van der Waals surface area (Å²) in [5.74, 6) is -1.04. The maximum absolute atomic E-state index is 10.9. The molecule has 0 bridgehead atoms. The average Bonchev–Trinajstić information content (AvgIpc) is 2.67. The average molecular weight is 249 g/mol. The van der Waals surface area contributed by atoms with Crippen molar-refractivity contribution in [1.29, 1.82) is 0 Å². The summed E-state index contributed by atoms with van der Waals surface area (Å²) in [7, 11) is 0. The first-order valence-electron chi connectivity index (χ1n) is 4.89. The summed E-state index contributed by atoms with van der Waals surface area (Å²) in [5.41, 5.74) is 6.63. The maximum atomic E-state index is 10.9. The van der Waals surface area contributed by atoms with Gasteiger partial charge < -0.3 is 16.2 Å². The number of thiazole rings is 1. The summed E-state index contributed by atoms with van der Waals surface area (Å²) in [6.45, 7) is 1.94. The van der Waals surface area contributed by atoms with Crippen LogP contribution in [0.2, 0.25) is 0 Å². The Balaban J connectivity index is 2.33. The molecule has 2 aromatic rings. The minimum absolute atomic E-state index is 0.0864. The predicted octanol–water partition coefficient (Wildman–Crippen LogP) is 2.48. The SMILES string of the molecule is Cc1cnc(Nc2cccc(C(=O)O)c2N)s1. The number of aromatic nitrogens is 1. The van der Waals surface area contributed by atoms with E-state index in [1.807, 2.05) is 6.92 Å². The van der Waals surface area contributed by atoms with Gasteiger partial charge in [0.25, 0.3) is 0 Å². The first kappa shape index (κ1) is 11.4. The number of carbonyl (C=O) groups is 1. The van der Waals surface area contributed by atoms with Crippen LogP contribution in [0.15, 0.2) is 24.4 Å². The molecule has 0 radical (unpaired) electrons. The van der Waals surface area contributed by atoms with Gasteiger partial charge in [0.1, 0.15) is 0 Å². The van der Waals surface area contributed by atoms with Crippen molar-refractivity contribution >= 4 is 33.8 Å². The van der Waals surface area contributed by atoms with Gasteiger partial charge in [-0.1, -0.05) is 6.07 Å². The molecule has 0 aliphatic rings. The largest absolute Gasteiger partial charge is 0.478 e. The maximum Gasteiger partial charge on any atom is 0.337 e. The number of nitrogen functional groups attached to an aromatic ring is 1. The van der Waals surface area contributed by atoms with Crippen molar-refractivity contribution in [3.05, 3.63) is 34.8 Å². The Hall–Kier alpha value is -2.08. The lowest BCUT2D eigenvalue weighted by Gasteiger charge is -2.08. The summed E-state index contributed by atoms with van der Waals surface area (Å²) < 4.78 is 0. The number of nitrogens with two attached hydrogens (primary N) is 1. The van der Waals surface area contributed by atoms with Crippen LogP contribution in [-0.2, 0) is 0 Å². The summed E-state index contributed by atoms with van der Waals surface area (Å²) >= 11 is 1.48. The van der Waals surface area contributed by atoms with Crippen LogP contribution in [0, 0.1) is 6.92 Å². The Morgan fingerprint density at radius 1 is 1.53 bits per heavy atom. The first-order chi connectivity index (χ1) is 8.08. The van der Waals surface area contributed by atoms with E-state index in [-0.39, 0.29) is 11.3 Å². The zero-order valence-electron chi connectivity index (χ0n) is 9.10. The van der Waals surface area contributed by atoms with Gasteiger partial charge in [0, 0.05) is 11.1 Å². The molecule has 0 atom stereocenters. The summed E-state index contributed by atoms with van der Waals surface area (Å²) in [4.78, 5) is 16.1. The van der Waals surface area contributed by atoms with Crippen LogP contribution >= 0.6 is 11.3 Å². The topological polar surface area (TPSA) is 88.2 Å². The Kier molecular flexibility index (Phi) is 2.97. The van der Waals surface area contributed by atoms with Gasteiger partial charge in [-0.2, -0.15) is 0 Å². The molecule has 17 heavy (non-hydrogen) atoms. The predicted molar refractivity (Wildman–Crippen MR) is 67.9 cm³/mol. The normalized spacial score (nSPS) is 10.2. The van der Waals surface area contributed by atoms with Gasteiger partial charge in [-0.25, -0.2) is 9.78 Å². The number of nitrogens with one attached hydrogen (secondary N) is 1. The Bertz CT molecular complexity index is 566. The van der Waals surface area contributed by atoms with Crippen LogP contribution in [0.4, 0.5) is 16.5 Å². The van der Waals surface area contributed by atoms with Crippen molar-refractivity contribution in [2.75, 3.05) is 11.1 Å². The molecule has 0 spiro atoms. The molecule has 1 aromatic carbocycles. The lowest BCUT2D eigenvalue weighted by atomic mass is 10.1. The summed E-state index contributed by atoms with van der Waals surface area (Å²) in [6.07, 6.45) is 1.74. The number of carboxylic acids is 1. The highest BCUT2D eigenvalue weighted by molar-refractivity contribution is 7.15. The fourth-order valence-electron chi connectivity index (χ4n) is 1.39. The fraction of sp³-hybridized carbons (Fsp3) is 0.0909. The quantitative estimate of drug-likeness (QED) is 0.727. The highest BCUT2D eigenvalue weighted by Crippen LogP contribution is 2.28. The molecule has 5 nitrogen and oxygen atoms in total. The highest BCUT2D eigenvalue weighted by Gasteiger charge is 2.11. The number of rotatable bonds is 3. The van der Waals surface area contributed by atoms with Gasteiger partial charge >= 0.3 is 5.97 Å². The van der Waals surface area contributed by atoms with E-state index in [4.69, 9.17) is 10.8 Å². The first-order valence-corrected chi connectivity index (χ1v) is 5.71. The minimum Gasteiger partial charge on any atom is -0.478 e. The van der Waals surface area contributed by atoms with Crippen molar-refractivity contribution in [2.45, 2.75) is 6.92 Å². The van der Waals surface area contributed by atoms with Crippen molar-refractivity contribution in [1.82, 2.24) is 4.98 Å². The highest BCUT2D eigenvalue weighted by atomic mass is 32.1. The second kappa shape index (κ2) is 4.42. The number of para-hydroxylation sites is 1. The molecule has 4 N–H and O–H groups in total. The van der Waals surface area contributed by atoms with Crippen LogP contribution < -0.4 is 11.1 Å². The van der Waals surface area contributed by atoms with E-state index in [1.54, 1.807) is 18.3 Å². The summed E-state index contributed by atoms with van der Waals surface area (Å²) in [6, 6.07) is 4.83. The second-order valence-corrected chi connectivity index (χ2v) is 4.71. The molecule has 0 amide bonds. The van der Waals surface area contributed by atoms with Gasteiger partial charge in [0.2, 0.25) is 0 Å². The van der Waals surface area contributed by atoms with E-state index >= 15 is 0 Å². The van der Waals surface area contributed by atoms with Gasteiger partial charge in [-0.05, 0) is 19.1 Å². The van der Waals surface area contributed by atoms with Crippen LogP contribution in [0.5, 0.6) is 0 Å². The van der Waals surface area contributed by atoms with Crippen molar-refractivity contribution in [3.63, 3.8) is 0 Å². The molecule has 2 rings (SSSR count). The van der Waals surface area contributed by atoms with Gasteiger partial charge in [-0.3, -0.25) is 0 Å². The van der Waals surface area contributed by atoms with Crippen LogP contribution in [-0.4, -0.2) is 16.1 Å². The number of benzene rings is 1. The Labute approximate surface area is 102 Å². The van der Waals surface area contributed by atoms with Crippen LogP contribution in [0.25, 0.3) is 0 Å². The van der Waals surface area contributed by atoms with Gasteiger partial charge in [-0.15, -0.1) is 11.3 Å². The molecule has 88 valence electrons. The van der Waals surface area contributed by atoms with Crippen molar-refractivity contribution < 1.29 is 9.90 Å². The number of aryl methyl sites for hydroxylation is 1. The standard InChI is InChI=1S/C11H11N3O2S/c1-6-5-13-11(17-6)14-8-4-2-3-7(9(8)12)10(15)16/h2-5H,12H2,1H3,(H,13,14)(H,15,16). The molecule has 0 unspecified atom stereocenters. The third-order valence-electron chi connectivity index (χ3n) is 2.20. The van der Waals surface area contributed by atoms with Gasteiger partial charge in [0.05, 0.1) is 16.9 Å². The molecule has 0 fully saturated rings. The molecule has 0 aliphatic carbocycles. The number of carboxylic acid groups (broad SMARTS) is 1. The molecule has 1 aromatic heterocycles. The number of hydrogen-bond donors (Lipinski definition) is 3. The molecule has 0 saturated heterocycles. The molecule has 0 saturated carbocycles. The zero-order valence-corrected chi connectivity index (χ0v) is 9.91. The smallest absolute Gasteiger partial charge is 0.337 e. The van der Waals surface area contributed by atoms with E-state index in [0.29, 0.717) is 10.8 Å². The van der Waals surface area contributed by atoms with E-state index in [2.05, 4.69) is 10.3 Å². The van der Waals surface area contributed by atoms with Crippen LogP contribution in [0.1, 0.15) is 15.2 Å². The third-order valence-corrected chi connectivity index (χ3v) is 3.03. The number of anilines is 3. The molecular weight excluding hydrogens is 238 g/mol. The molecule has 0 aliphatic heterocycles. The molecular formula is C11H11N3O2S. The van der Waals surface area contributed by atoms with E-state index in [9.17, 15) is 4.79 Å². The zero-order chi connectivity index (χ0) is 12.4. The van der Waals surface area contributed by atoms with Crippen LogP contribution in [0.3, 0.4) is 0 Å². The number of hydrogen-bond acceptors (Lipinski definition) is 5. The second-order valence-electron chi connectivity index (χ2n) is 3.47.